The summed E-state index contributed by atoms with van der Waals surface area (Å²) < 4.78 is 5.37. The normalized spacial score (nSPS) is 15.3. The molecule has 2 N–H and O–H groups in total. The number of hydrogen-bond donors (Lipinski definition) is 2. The summed E-state index contributed by atoms with van der Waals surface area (Å²) in [6.07, 6.45) is 2.47. The first kappa shape index (κ1) is 22.6. The average molecular weight is 461 g/mol. The lowest BCUT2D eigenvalue weighted by molar-refractivity contribution is 0.102. The van der Waals surface area contributed by atoms with Gasteiger partial charge >= 0.3 is 0 Å². The summed E-state index contributed by atoms with van der Waals surface area (Å²) in [7, 11) is 1.63. The van der Waals surface area contributed by atoms with Crippen LogP contribution in [0.3, 0.4) is 0 Å². The molecule has 5 nitrogen and oxygen atoms in total. The number of nitrogens with one attached hydrogen (secondary N) is 2. The molecule has 1 heterocycles. The van der Waals surface area contributed by atoms with Gasteiger partial charge in [-0.05, 0) is 74.4 Å². The Morgan fingerprint density at radius 1 is 1.06 bits per heavy atom. The zero-order valence-corrected chi connectivity index (χ0v) is 19.5. The van der Waals surface area contributed by atoms with Crippen LogP contribution in [0.2, 0.25) is 5.02 Å². The second-order valence-corrected chi connectivity index (χ2v) is 9.05. The molecule has 0 saturated heterocycles. The Morgan fingerprint density at radius 2 is 1.79 bits per heavy atom. The standard InChI is InChI=1S/C27H25ClN2O3/c1-27(2)16-18-10-13-20(33-3)14-22(18)24(30-27)15-25(31)17-8-11-19(12-9-17)29-26(32)21-6-4-5-7-23(21)28/h4-15,30H,16H2,1-3H3,(H,29,32)/b24-15-. The lowest BCUT2D eigenvalue weighted by atomic mass is 9.85. The molecular weight excluding hydrogens is 436 g/mol. The number of ether oxygens (including phenoxy) is 1. The van der Waals surface area contributed by atoms with E-state index in [0.29, 0.717) is 21.8 Å². The highest BCUT2D eigenvalue weighted by Crippen LogP contribution is 2.32. The van der Waals surface area contributed by atoms with Gasteiger partial charge in [-0.1, -0.05) is 29.8 Å². The zero-order valence-electron chi connectivity index (χ0n) is 18.7. The molecule has 4 rings (SSSR count). The van der Waals surface area contributed by atoms with Crippen LogP contribution >= 0.6 is 11.6 Å². The summed E-state index contributed by atoms with van der Waals surface area (Å²) in [6, 6.07) is 19.6. The number of rotatable bonds is 5. The minimum absolute atomic E-state index is 0.132. The zero-order chi connectivity index (χ0) is 23.6. The van der Waals surface area contributed by atoms with Crippen molar-refractivity contribution in [2.24, 2.45) is 0 Å². The van der Waals surface area contributed by atoms with Crippen LogP contribution in [0, 0.1) is 0 Å². The molecule has 0 radical (unpaired) electrons. The molecule has 0 atom stereocenters. The van der Waals surface area contributed by atoms with Gasteiger partial charge in [0.05, 0.1) is 17.7 Å². The van der Waals surface area contributed by atoms with Crippen LogP contribution in [0.15, 0.2) is 72.8 Å². The van der Waals surface area contributed by atoms with Gasteiger partial charge in [-0.3, -0.25) is 9.59 Å². The van der Waals surface area contributed by atoms with Gasteiger partial charge in [0.2, 0.25) is 0 Å². The summed E-state index contributed by atoms with van der Waals surface area (Å²) in [5, 5.41) is 6.67. The molecule has 1 aliphatic heterocycles. The molecule has 0 fully saturated rings. The van der Waals surface area contributed by atoms with Crippen molar-refractivity contribution in [3.8, 4) is 5.75 Å². The SMILES string of the molecule is COc1ccc2c(c1)/C(=C/C(=O)c1ccc(NC(=O)c3ccccc3Cl)cc1)NC(C)(C)C2. The highest BCUT2D eigenvalue weighted by molar-refractivity contribution is 6.34. The summed E-state index contributed by atoms with van der Waals surface area (Å²) in [4.78, 5) is 25.5. The fraction of sp³-hybridized carbons (Fsp3) is 0.185. The fourth-order valence-electron chi connectivity index (χ4n) is 3.93. The molecular formula is C27H25ClN2O3. The van der Waals surface area contributed by atoms with E-state index >= 15 is 0 Å². The Hall–Kier alpha value is -3.57. The van der Waals surface area contributed by atoms with E-state index in [1.54, 1.807) is 61.7 Å². The number of carbonyl (C=O) groups is 2. The number of ketones is 1. The summed E-state index contributed by atoms with van der Waals surface area (Å²) in [5.41, 5.74) is 4.21. The third-order valence-corrected chi connectivity index (χ3v) is 5.86. The predicted octanol–water partition coefficient (Wildman–Crippen LogP) is 5.75. The van der Waals surface area contributed by atoms with Crippen molar-refractivity contribution in [1.29, 1.82) is 0 Å². The predicted molar refractivity (Wildman–Crippen MR) is 132 cm³/mol. The van der Waals surface area contributed by atoms with Crippen LogP contribution in [0.25, 0.3) is 5.70 Å². The largest absolute Gasteiger partial charge is 0.497 e. The maximum Gasteiger partial charge on any atom is 0.257 e. The number of benzene rings is 3. The molecule has 0 saturated carbocycles. The van der Waals surface area contributed by atoms with Crippen molar-refractivity contribution in [2.45, 2.75) is 25.8 Å². The van der Waals surface area contributed by atoms with E-state index < -0.39 is 0 Å². The summed E-state index contributed by atoms with van der Waals surface area (Å²) >= 11 is 6.09. The van der Waals surface area contributed by atoms with Gasteiger partial charge in [0.15, 0.2) is 5.78 Å². The van der Waals surface area contributed by atoms with E-state index in [1.807, 2.05) is 18.2 Å². The first-order valence-corrected chi connectivity index (χ1v) is 11.0. The molecule has 3 aromatic rings. The molecule has 0 spiro atoms. The Labute approximate surface area is 198 Å². The Morgan fingerprint density at radius 3 is 2.48 bits per heavy atom. The van der Waals surface area contributed by atoms with Gasteiger partial charge in [-0.15, -0.1) is 0 Å². The van der Waals surface area contributed by atoms with Crippen molar-refractivity contribution >= 4 is 34.7 Å². The van der Waals surface area contributed by atoms with E-state index in [0.717, 1.165) is 29.0 Å². The Bertz CT molecular complexity index is 1250. The summed E-state index contributed by atoms with van der Waals surface area (Å²) in [6.45, 7) is 4.21. The molecule has 33 heavy (non-hydrogen) atoms. The fourth-order valence-corrected chi connectivity index (χ4v) is 4.15. The van der Waals surface area contributed by atoms with Gasteiger partial charge in [0, 0.05) is 34.1 Å². The number of carbonyl (C=O) groups excluding carboxylic acids is 2. The Kier molecular flexibility index (Phi) is 6.25. The van der Waals surface area contributed by atoms with Gasteiger partial charge in [0.1, 0.15) is 5.75 Å². The second-order valence-electron chi connectivity index (χ2n) is 8.64. The van der Waals surface area contributed by atoms with Gasteiger partial charge in [0.25, 0.3) is 5.91 Å². The van der Waals surface area contributed by atoms with Gasteiger partial charge < -0.3 is 15.4 Å². The lowest BCUT2D eigenvalue weighted by Crippen LogP contribution is -2.43. The van der Waals surface area contributed by atoms with Crippen molar-refractivity contribution in [1.82, 2.24) is 5.32 Å². The van der Waals surface area contributed by atoms with E-state index in [4.69, 9.17) is 16.3 Å². The van der Waals surface area contributed by atoms with Gasteiger partial charge in [-0.25, -0.2) is 0 Å². The molecule has 0 unspecified atom stereocenters. The molecule has 1 amide bonds. The van der Waals surface area contributed by atoms with Crippen molar-refractivity contribution in [3.63, 3.8) is 0 Å². The van der Waals surface area contributed by atoms with Crippen molar-refractivity contribution in [3.05, 3.63) is 100 Å². The number of methoxy groups -OCH3 is 1. The average Bonchev–Trinajstić information content (AvgIpc) is 2.79. The molecule has 6 heteroatoms. The number of amides is 1. The maximum atomic E-state index is 13.0. The van der Waals surface area contributed by atoms with E-state index in [9.17, 15) is 9.59 Å². The number of halogens is 1. The smallest absolute Gasteiger partial charge is 0.257 e. The Balaban J connectivity index is 1.55. The third kappa shape index (κ3) is 5.10. The minimum atomic E-state index is -0.305. The van der Waals surface area contributed by atoms with Crippen LogP contribution in [0.5, 0.6) is 5.75 Å². The highest BCUT2D eigenvalue weighted by atomic mass is 35.5. The quantitative estimate of drug-likeness (QED) is 0.376. The van der Waals surface area contributed by atoms with Crippen LogP contribution < -0.4 is 15.4 Å². The lowest BCUT2D eigenvalue weighted by Gasteiger charge is -2.35. The molecule has 1 aliphatic rings. The topological polar surface area (TPSA) is 67.4 Å². The monoisotopic (exact) mass is 460 g/mol. The first-order valence-electron chi connectivity index (χ1n) is 10.6. The van der Waals surface area contributed by atoms with Crippen LogP contribution in [-0.2, 0) is 6.42 Å². The second kappa shape index (κ2) is 9.12. The third-order valence-electron chi connectivity index (χ3n) is 5.53. The van der Waals surface area contributed by atoms with Crippen LogP contribution in [-0.4, -0.2) is 24.3 Å². The number of allylic oxidation sites excluding steroid dienone is 1. The highest BCUT2D eigenvalue weighted by Gasteiger charge is 2.28. The van der Waals surface area contributed by atoms with Crippen LogP contribution in [0.4, 0.5) is 5.69 Å². The first-order chi connectivity index (χ1) is 15.8. The van der Waals surface area contributed by atoms with E-state index in [2.05, 4.69) is 24.5 Å². The summed E-state index contributed by atoms with van der Waals surface area (Å²) in [5.74, 6) is 0.307. The minimum Gasteiger partial charge on any atom is -0.497 e. The molecule has 168 valence electrons. The number of anilines is 1. The van der Waals surface area contributed by atoms with Crippen molar-refractivity contribution in [2.75, 3.05) is 12.4 Å². The van der Waals surface area contributed by atoms with E-state index in [1.165, 1.54) is 0 Å². The molecule has 0 aromatic heterocycles. The van der Waals surface area contributed by atoms with Gasteiger partial charge in [-0.2, -0.15) is 0 Å². The molecule has 0 bridgehead atoms. The maximum absolute atomic E-state index is 13.0. The number of hydrogen-bond acceptors (Lipinski definition) is 4. The number of fused-ring (bicyclic) bond motifs is 1. The van der Waals surface area contributed by atoms with Crippen molar-refractivity contribution < 1.29 is 14.3 Å². The molecule has 3 aromatic carbocycles. The molecule has 0 aliphatic carbocycles. The van der Waals surface area contributed by atoms with E-state index in [-0.39, 0.29) is 17.2 Å². The van der Waals surface area contributed by atoms with Crippen LogP contribution in [0.1, 0.15) is 45.7 Å².